The summed E-state index contributed by atoms with van der Waals surface area (Å²) in [7, 11) is 0. The van der Waals surface area contributed by atoms with Gasteiger partial charge in [0.1, 0.15) is 11.5 Å². The normalized spacial score (nSPS) is 17.1. The molecule has 1 aliphatic heterocycles. The van der Waals surface area contributed by atoms with Crippen LogP contribution in [0.3, 0.4) is 0 Å². The van der Waals surface area contributed by atoms with Crippen LogP contribution >= 0.6 is 0 Å². The smallest absolute Gasteiger partial charge is 0.295 e. The van der Waals surface area contributed by atoms with Crippen molar-refractivity contribution in [2.75, 3.05) is 6.61 Å². The van der Waals surface area contributed by atoms with Gasteiger partial charge >= 0.3 is 0 Å². The van der Waals surface area contributed by atoms with Crippen molar-refractivity contribution < 1.29 is 19.4 Å². The van der Waals surface area contributed by atoms with Gasteiger partial charge in [-0.1, -0.05) is 49.2 Å². The molecular formula is C29H30N2O4. The number of amides is 1. The number of ether oxygens (including phenoxy) is 1. The Kier molecular flexibility index (Phi) is 7.30. The van der Waals surface area contributed by atoms with Crippen LogP contribution in [0.4, 0.5) is 0 Å². The minimum Gasteiger partial charge on any atom is -0.507 e. The molecule has 1 aliphatic rings. The van der Waals surface area contributed by atoms with Crippen molar-refractivity contribution in [3.8, 4) is 5.75 Å². The summed E-state index contributed by atoms with van der Waals surface area (Å²) in [6.07, 6.45) is 5.33. The molecule has 2 aromatic carbocycles. The van der Waals surface area contributed by atoms with Gasteiger partial charge in [-0.15, -0.1) is 0 Å². The maximum atomic E-state index is 13.3. The second kappa shape index (κ2) is 10.6. The van der Waals surface area contributed by atoms with E-state index in [-0.39, 0.29) is 17.9 Å². The second-order valence-electron chi connectivity index (χ2n) is 8.88. The summed E-state index contributed by atoms with van der Waals surface area (Å²) in [4.78, 5) is 32.1. The highest BCUT2D eigenvalue weighted by Gasteiger charge is 2.46. The SMILES string of the molecule is CCCCOc1ccc(/C(O)=C2\C(=O)C(=O)N(Cc3cccnc3)C2c2ccc(C)cc2)c(C)c1. The third-order valence-electron chi connectivity index (χ3n) is 6.23. The molecule has 0 radical (unpaired) electrons. The largest absolute Gasteiger partial charge is 0.507 e. The van der Waals surface area contributed by atoms with Crippen LogP contribution in [-0.4, -0.2) is 33.3 Å². The molecular weight excluding hydrogens is 440 g/mol. The van der Waals surface area contributed by atoms with Gasteiger partial charge in [-0.3, -0.25) is 14.6 Å². The fraction of sp³-hybridized carbons (Fsp3) is 0.276. The number of likely N-dealkylation sites (tertiary alicyclic amines) is 1. The van der Waals surface area contributed by atoms with Crippen LogP contribution in [0.25, 0.3) is 5.76 Å². The molecule has 3 aromatic rings. The summed E-state index contributed by atoms with van der Waals surface area (Å²) >= 11 is 0. The highest BCUT2D eigenvalue weighted by atomic mass is 16.5. The number of carbonyl (C=O) groups is 2. The fourth-order valence-corrected chi connectivity index (χ4v) is 4.30. The van der Waals surface area contributed by atoms with Crippen molar-refractivity contribution in [3.63, 3.8) is 0 Å². The number of rotatable bonds is 8. The highest BCUT2D eigenvalue weighted by molar-refractivity contribution is 6.46. The zero-order valence-corrected chi connectivity index (χ0v) is 20.3. The van der Waals surface area contributed by atoms with Crippen LogP contribution in [0.1, 0.15) is 53.6 Å². The Morgan fingerprint density at radius 3 is 2.51 bits per heavy atom. The number of hydrogen-bond acceptors (Lipinski definition) is 5. The molecule has 1 amide bonds. The number of benzene rings is 2. The molecule has 2 heterocycles. The van der Waals surface area contributed by atoms with Crippen molar-refractivity contribution >= 4 is 17.4 Å². The number of aliphatic hydroxyl groups excluding tert-OH is 1. The Balaban J connectivity index is 1.78. The molecule has 1 fully saturated rings. The number of unbranched alkanes of at least 4 members (excludes halogenated alkanes) is 1. The van der Waals surface area contributed by atoms with E-state index in [0.717, 1.165) is 35.1 Å². The third-order valence-corrected chi connectivity index (χ3v) is 6.23. The Morgan fingerprint density at radius 2 is 1.86 bits per heavy atom. The number of nitrogens with zero attached hydrogens (tertiary/aromatic N) is 2. The van der Waals surface area contributed by atoms with E-state index < -0.39 is 17.7 Å². The van der Waals surface area contributed by atoms with Crippen LogP contribution < -0.4 is 4.74 Å². The van der Waals surface area contributed by atoms with Gasteiger partial charge in [0.15, 0.2) is 0 Å². The van der Waals surface area contributed by atoms with Crippen molar-refractivity contribution in [3.05, 3.63) is 100 Å². The lowest BCUT2D eigenvalue weighted by atomic mass is 9.93. The number of pyridine rings is 1. The first-order valence-electron chi connectivity index (χ1n) is 11.9. The predicted molar refractivity (Wildman–Crippen MR) is 135 cm³/mol. The molecule has 1 saturated heterocycles. The number of ketones is 1. The predicted octanol–water partition coefficient (Wildman–Crippen LogP) is 5.50. The molecule has 0 aliphatic carbocycles. The monoisotopic (exact) mass is 470 g/mol. The summed E-state index contributed by atoms with van der Waals surface area (Å²) in [5, 5.41) is 11.4. The molecule has 0 spiro atoms. The van der Waals surface area contributed by atoms with Gasteiger partial charge in [-0.2, -0.15) is 0 Å². The molecule has 1 unspecified atom stereocenters. The van der Waals surface area contributed by atoms with Gasteiger partial charge in [0.2, 0.25) is 0 Å². The zero-order valence-electron chi connectivity index (χ0n) is 20.3. The van der Waals surface area contributed by atoms with E-state index >= 15 is 0 Å². The Labute approximate surface area is 205 Å². The van der Waals surface area contributed by atoms with Crippen molar-refractivity contribution in [2.24, 2.45) is 0 Å². The van der Waals surface area contributed by atoms with Crippen LogP contribution in [-0.2, 0) is 16.1 Å². The van der Waals surface area contributed by atoms with Gasteiger partial charge < -0.3 is 14.7 Å². The minimum absolute atomic E-state index is 0.0884. The number of aliphatic hydroxyl groups is 1. The van der Waals surface area contributed by atoms with E-state index in [4.69, 9.17) is 4.74 Å². The minimum atomic E-state index is -0.712. The van der Waals surface area contributed by atoms with E-state index in [9.17, 15) is 14.7 Å². The molecule has 1 aromatic heterocycles. The quantitative estimate of drug-likeness (QED) is 0.204. The van der Waals surface area contributed by atoms with Crippen molar-refractivity contribution in [2.45, 2.75) is 46.2 Å². The molecule has 1 N–H and O–H groups in total. The lowest BCUT2D eigenvalue weighted by molar-refractivity contribution is -0.140. The highest BCUT2D eigenvalue weighted by Crippen LogP contribution is 2.41. The van der Waals surface area contributed by atoms with Gasteiger partial charge in [0.25, 0.3) is 11.7 Å². The summed E-state index contributed by atoms with van der Waals surface area (Å²) in [5.41, 5.74) is 3.98. The van der Waals surface area contributed by atoms with E-state index in [1.54, 1.807) is 30.6 Å². The molecule has 0 bridgehead atoms. The zero-order chi connectivity index (χ0) is 24.9. The third kappa shape index (κ3) is 5.11. The Bertz CT molecular complexity index is 1250. The van der Waals surface area contributed by atoms with Gasteiger partial charge in [0, 0.05) is 24.5 Å². The summed E-state index contributed by atoms with van der Waals surface area (Å²) in [6.45, 7) is 6.76. The number of hydrogen-bond donors (Lipinski definition) is 1. The number of aryl methyl sites for hydroxylation is 2. The van der Waals surface area contributed by atoms with E-state index in [0.29, 0.717) is 17.9 Å². The molecule has 180 valence electrons. The fourth-order valence-electron chi connectivity index (χ4n) is 4.30. The molecule has 35 heavy (non-hydrogen) atoms. The van der Waals surface area contributed by atoms with E-state index in [1.165, 1.54) is 4.90 Å². The van der Waals surface area contributed by atoms with Gasteiger partial charge in [-0.25, -0.2) is 0 Å². The van der Waals surface area contributed by atoms with Crippen LogP contribution in [0.5, 0.6) is 5.75 Å². The first-order valence-corrected chi connectivity index (χ1v) is 11.9. The van der Waals surface area contributed by atoms with E-state index in [2.05, 4.69) is 11.9 Å². The Hall–Kier alpha value is -3.93. The number of Topliss-reactive ketones (excluding diaryl/α,β-unsaturated/α-hetero) is 1. The number of aromatic nitrogens is 1. The molecule has 1 atom stereocenters. The average molecular weight is 471 g/mol. The lowest BCUT2D eigenvalue weighted by Gasteiger charge is -2.25. The average Bonchev–Trinajstić information content (AvgIpc) is 3.10. The Morgan fingerprint density at radius 1 is 1.09 bits per heavy atom. The van der Waals surface area contributed by atoms with Crippen molar-refractivity contribution in [1.82, 2.24) is 9.88 Å². The first kappa shape index (κ1) is 24.2. The number of carbonyl (C=O) groups excluding carboxylic acids is 2. The summed E-state index contributed by atoms with van der Waals surface area (Å²) in [6, 6.07) is 16.0. The van der Waals surface area contributed by atoms with Gasteiger partial charge in [0.05, 0.1) is 18.2 Å². The van der Waals surface area contributed by atoms with E-state index in [1.807, 2.05) is 50.2 Å². The topological polar surface area (TPSA) is 79.7 Å². The van der Waals surface area contributed by atoms with Crippen molar-refractivity contribution in [1.29, 1.82) is 0 Å². The molecule has 4 rings (SSSR count). The summed E-state index contributed by atoms with van der Waals surface area (Å²) in [5.74, 6) is -0.808. The maximum absolute atomic E-state index is 13.3. The summed E-state index contributed by atoms with van der Waals surface area (Å²) < 4.78 is 5.78. The van der Waals surface area contributed by atoms with Gasteiger partial charge in [-0.05, 0) is 61.2 Å². The standard InChI is InChI=1S/C29H30N2O4/c1-4-5-15-35-23-12-13-24(20(3)16-23)27(32)25-26(22-10-8-19(2)9-11-22)31(29(34)28(25)33)18-21-7-6-14-30-17-21/h6-14,16-17,26,32H,4-5,15,18H2,1-3H3/b27-25+. The van der Waals surface area contributed by atoms with Crippen LogP contribution in [0.15, 0.2) is 72.6 Å². The van der Waals surface area contributed by atoms with Crippen LogP contribution in [0.2, 0.25) is 0 Å². The molecule has 6 heteroatoms. The molecule has 6 nitrogen and oxygen atoms in total. The first-order chi connectivity index (χ1) is 16.9. The van der Waals surface area contributed by atoms with Crippen LogP contribution in [0, 0.1) is 13.8 Å². The maximum Gasteiger partial charge on any atom is 0.295 e. The lowest BCUT2D eigenvalue weighted by Crippen LogP contribution is -2.29. The second-order valence-corrected chi connectivity index (χ2v) is 8.88. The molecule has 0 saturated carbocycles.